The highest BCUT2D eigenvalue weighted by Crippen LogP contribution is 2.48. The lowest BCUT2D eigenvalue weighted by Gasteiger charge is -2.38. The molecule has 16 nitrogen and oxygen atoms in total. The molecule has 1 aromatic carbocycles. The van der Waals surface area contributed by atoms with Gasteiger partial charge in [0.1, 0.15) is 24.2 Å². The smallest absolute Gasteiger partial charge is 0.302 e. The zero-order valence-electron chi connectivity index (χ0n) is 36.2. The minimum absolute atomic E-state index is 0.0141. The van der Waals surface area contributed by atoms with Crippen molar-refractivity contribution in [3.05, 3.63) is 70.2 Å². The van der Waals surface area contributed by atoms with Crippen molar-refractivity contribution < 1.29 is 58.3 Å². The molecule has 0 spiro atoms. The average molecular weight is 837 g/mol. The van der Waals surface area contributed by atoms with Gasteiger partial charge in [-0.1, -0.05) is 51.1 Å². The topological polar surface area (TPSA) is 206 Å². The molecule has 6 rings (SSSR count). The number of aliphatic hydroxyl groups excluding tert-OH is 2. The monoisotopic (exact) mass is 836 g/mol. The van der Waals surface area contributed by atoms with Crippen LogP contribution in [0.15, 0.2) is 53.1 Å². The van der Waals surface area contributed by atoms with Gasteiger partial charge in [-0.15, -0.1) is 0 Å². The predicted molar refractivity (Wildman–Crippen MR) is 221 cm³/mol. The number of allylic oxidation sites excluding steroid dienone is 4. The number of oxime groups is 1. The molecule has 16 heteroatoms. The molecule has 1 saturated heterocycles. The van der Waals surface area contributed by atoms with Crippen molar-refractivity contribution in [1.29, 1.82) is 0 Å². The number of hydrogen-bond acceptors (Lipinski definition) is 15. The number of ether oxygens (including phenoxy) is 4. The number of fused-ring (bicyclic) bond motifs is 14. The Bertz CT molecular complexity index is 1980. The molecular weight excluding hydrogens is 776 g/mol. The first kappa shape index (κ1) is 46.2. The average Bonchev–Trinajstić information content (AvgIpc) is 3.50. The van der Waals surface area contributed by atoms with Crippen molar-refractivity contribution in [2.75, 3.05) is 53.5 Å². The number of aromatic hydroxyl groups is 1. The van der Waals surface area contributed by atoms with Crippen LogP contribution in [0.4, 0.5) is 0 Å². The molecule has 4 N–H and O–H groups in total. The summed E-state index contributed by atoms with van der Waals surface area (Å²) >= 11 is 0. The van der Waals surface area contributed by atoms with Crippen molar-refractivity contribution in [2.45, 2.75) is 85.6 Å². The molecule has 0 radical (unpaired) electrons. The van der Waals surface area contributed by atoms with Gasteiger partial charge in [-0.3, -0.25) is 24.1 Å². The van der Waals surface area contributed by atoms with Crippen molar-refractivity contribution in [3.8, 4) is 11.5 Å². The summed E-state index contributed by atoms with van der Waals surface area (Å²) in [6, 6.07) is 0. The molecule has 5 bridgehead atoms. The van der Waals surface area contributed by atoms with Crippen LogP contribution in [-0.2, 0) is 28.6 Å². The Balaban J connectivity index is 1.61. The highest BCUT2D eigenvalue weighted by atomic mass is 16.7. The van der Waals surface area contributed by atoms with E-state index in [2.05, 4.69) is 27.3 Å². The SMILES string of the molecule is CO[C@H]1/C=C/O[C@@]2(C)Oc3c(C)c(O)c4c(c3/C2=N/OCCN2CCN(C)CC2)C(=O)C=C(NC(=O)/C(C)=C\C=C\[C@H](C)[C@H](O)[C@@H](C)[C@@H](O)[C@@H](C)[C@H](OC(C)=O)[C@@H]1C)C4=O. The zero-order valence-corrected chi connectivity index (χ0v) is 36.2. The molecule has 0 unspecified atom stereocenters. The van der Waals surface area contributed by atoms with Crippen LogP contribution in [0.25, 0.3) is 0 Å². The number of likely N-dealkylation sites (N-methyl/N-ethyl adjacent to an activating group) is 1. The summed E-state index contributed by atoms with van der Waals surface area (Å²) in [6.45, 7) is 17.1. The molecule has 0 aromatic heterocycles. The Morgan fingerprint density at radius 3 is 2.32 bits per heavy atom. The summed E-state index contributed by atoms with van der Waals surface area (Å²) in [5.41, 5.74) is -0.470. The number of aliphatic hydroxyl groups is 2. The van der Waals surface area contributed by atoms with Gasteiger partial charge in [-0.05, 0) is 27.0 Å². The summed E-state index contributed by atoms with van der Waals surface area (Å²) in [5.74, 6) is -7.41. The van der Waals surface area contributed by atoms with E-state index < -0.39 is 83.1 Å². The first-order valence-corrected chi connectivity index (χ1v) is 20.4. The molecule has 0 saturated carbocycles. The van der Waals surface area contributed by atoms with Gasteiger partial charge in [0.25, 0.3) is 11.7 Å². The van der Waals surface area contributed by atoms with Gasteiger partial charge in [0.05, 0.1) is 47.0 Å². The second-order valence-corrected chi connectivity index (χ2v) is 16.5. The van der Waals surface area contributed by atoms with Crippen LogP contribution in [0.2, 0.25) is 0 Å². The van der Waals surface area contributed by atoms with Gasteiger partial charge in [0, 0.05) is 94.6 Å². The van der Waals surface area contributed by atoms with Crippen molar-refractivity contribution in [3.63, 3.8) is 0 Å². The highest BCUT2D eigenvalue weighted by molar-refractivity contribution is 6.31. The number of methoxy groups -OCH3 is 1. The largest absolute Gasteiger partial charge is 0.507 e. The molecule has 1 aliphatic carbocycles. The summed E-state index contributed by atoms with van der Waals surface area (Å²) in [7, 11) is 3.54. The van der Waals surface area contributed by atoms with E-state index in [9.17, 15) is 34.5 Å². The summed E-state index contributed by atoms with van der Waals surface area (Å²) in [4.78, 5) is 64.3. The lowest BCUT2D eigenvalue weighted by atomic mass is 9.78. The lowest BCUT2D eigenvalue weighted by molar-refractivity contribution is -0.160. The van der Waals surface area contributed by atoms with Crippen LogP contribution in [0.1, 0.15) is 80.3 Å². The van der Waals surface area contributed by atoms with Crippen LogP contribution in [0.3, 0.4) is 0 Å². The van der Waals surface area contributed by atoms with Gasteiger partial charge in [0.2, 0.25) is 5.78 Å². The zero-order chi connectivity index (χ0) is 44.2. The Labute approximate surface area is 351 Å². The fourth-order valence-corrected chi connectivity index (χ4v) is 8.11. The fourth-order valence-electron chi connectivity index (χ4n) is 8.11. The molecule has 1 fully saturated rings. The van der Waals surface area contributed by atoms with Crippen molar-refractivity contribution >= 4 is 29.2 Å². The summed E-state index contributed by atoms with van der Waals surface area (Å²) in [6.07, 6.45) is 4.83. The highest BCUT2D eigenvalue weighted by Gasteiger charge is 2.51. The van der Waals surface area contributed by atoms with Crippen molar-refractivity contribution in [2.24, 2.45) is 28.8 Å². The molecule has 60 heavy (non-hydrogen) atoms. The van der Waals surface area contributed by atoms with Gasteiger partial charge >= 0.3 is 5.97 Å². The standard InChI is InChI=1S/C44H60N4O12/c1-23-12-11-13-24(2)43(55)45-30-22-31(50)33-34(39(30)54)38(53)28(6)41-35(33)42(46-58-21-19-48-17-15-47(9)16-18-48)44(8,60-41)57-20-14-32(56-10)25(3)40(59-29(7)49)27(5)37(52)26(4)36(23)51/h11-14,20,22-23,25-27,32,36-37,40,51-53H,15-19,21H2,1-10H3,(H,45,55)/b12-11+,20-14+,24-13-,46-42-/t23-,25+,26+,27+,32-,36-,37+,40+,44-/m0/s1. The van der Waals surface area contributed by atoms with E-state index in [1.165, 1.54) is 40.2 Å². The van der Waals surface area contributed by atoms with Crippen LogP contribution in [0, 0.1) is 30.6 Å². The Morgan fingerprint density at radius 1 is 0.983 bits per heavy atom. The first-order chi connectivity index (χ1) is 28.3. The van der Waals surface area contributed by atoms with Gasteiger partial charge in [-0.2, -0.15) is 0 Å². The van der Waals surface area contributed by atoms with Crippen LogP contribution in [0.5, 0.6) is 11.5 Å². The number of phenolic OH excluding ortho intramolecular Hbond substituents is 1. The molecule has 9 atom stereocenters. The van der Waals surface area contributed by atoms with Crippen LogP contribution >= 0.6 is 0 Å². The number of rotatable bonds is 6. The number of nitrogens with zero attached hydrogens (tertiary/aromatic N) is 3. The van der Waals surface area contributed by atoms with Gasteiger partial charge < -0.3 is 49.3 Å². The third kappa shape index (κ3) is 9.68. The number of piperazine rings is 1. The maximum absolute atomic E-state index is 14.1. The van der Waals surface area contributed by atoms with E-state index in [4.69, 9.17) is 23.8 Å². The van der Waals surface area contributed by atoms with E-state index in [0.29, 0.717) is 6.54 Å². The summed E-state index contributed by atoms with van der Waals surface area (Å²) in [5, 5.41) is 41.4. The minimum atomic E-state index is -1.79. The Morgan fingerprint density at radius 2 is 1.67 bits per heavy atom. The minimum Gasteiger partial charge on any atom is -0.507 e. The first-order valence-electron chi connectivity index (χ1n) is 20.4. The molecular formula is C44H60N4O12. The molecule has 4 heterocycles. The number of Topliss-reactive ketones (excluding diaryl/α,β-unsaturated/α-hetero) is 1. The normalized spacial score (nSPS) is 33.5. The number of carbonyl (C=O) groups is 4. The van der Waals surface area contributed by atoms with Crippen molar-refractivity contribution in [1.82, 2.24) is 15.1 Å². The van der Waals surface area contributed by atoms with Gasteiger partial charge in [0.15, 0.2) is 11.5 Å². The number of hydrogen-bond donors (Lipinski definition) is 4. The molecule has 1 amide bonds. The van der Waals surface area contributed by atoms with Crippen LogP contribution < -0.4 is 10.1 Å². The number of phenols is 1. The fraction of sp³-hybridized carbons (Fsp3) is 0.568. The number of nitrogens with one attached hydrogen (secondary N) is 1. The maximum Gasteiger partial charge on any atom is 0.302 e. The molecule has 4 aliphatic heterocycles. The summed E-state index contributed by atoms with van der Waals surface area (Å²) < 4.78 is 24.3. The number of carbonyl (C=O) groups excluding carboxylic acids is 4. The molecule has 1 aromatic rings. The molecule has 5 aliphatic rings. The van der Waals surface area contributed by atoms with E-state index in [0.717, 1.165) is 32.3 Å². The quantitative estimate of drug-likeness (QED) is 0.184. The predicted octanol–water partition coefficient (Wildman–Crippen LogP) is 3.42. The number of amides is 1. The number of ketones is 2. The van der Waals surface area contributed by atoms with Gasteiger partial charge in [-0.25, -0.2) is 0 Å². The van der Waals surface area contributed by atoms with E-state index in [-0.39, 0.29) is 51.6 Å². The second kappa shape index (κ2) is 19.2. The number of benzene rings is 1. The maximum atomic E-state index is 14.1. The second-order valence-electron chi connectivity index (χ2n) is 16.5. The Kier molecular flexibility index (Phi) is 14.8. The van der Waals surface area contributed by atoms with E-state index in [1.54, 1.807) is 52.8 Å². The van der Waals surface area contributed by atoms with E-state index >= 15 is 0 Å². The Hall–Kier alpha value is -4.87. The molecule has 328 valence electrons. The van der Waals surface area contributed by atoms with Crippen LogP contribution in [-0.4, -0.2) is 138 Å². The third-order valence-corrected chi connectivity index (χ3v) is 12.1. The lowest BCUT2D eigenvalue weighted by Crippen LogP contribution is -2.46. The number of esters is 1. The third-order valence-electron chi connectivity index (χ3n) is 12.1. The van der Waals surface area contributed by atoms with E-state index in [1.807, 2.05) is 0 Å².